The van der Waals surface area contributed by atoms with E-state index in [1.807, 2.05) is 54.7 Å². The van der Waals surface area contributed by atoms with Crippen molar-refractivity contribution >= 4 is 5.91 Å². The molecule has 0 saturated heterocycles. The number of benzene rings is 1. The lowest BCUT2D eigenvalue weighted by atomic mass is 10.2. The van der Waals surface area contributed by atoms with Crippen molar-refractivity contribution < 1.29 is 13.9 Å². The van der Waals surface area contributed by atoms with E-state index in [0.29, 0.717) is 12.3 Å². The molecule has 0 aliphatic carbocycles. The minimum absolute atomic E-state index is 0.192. The Hall–Kier alpha value is -3.02. The molecular weight excluding hydrogens is 306 g/mol. The molecule has 2 aromatic heterocycles. The number of amides is 1. The summed E-state index contributed by atoms with van der Waals surface area (Å²) in [5.74, 6) is 1.20. The van der Waals surface area contributed by atoms with E-state index in [1.54, 1.807) is 24.1 Å². The third kappa shape index (κ3) is 3.84. The van der Waals surface area contributed by atoms with E-state index < -0.39 is 6.10 Å². The molecule has 3 rings (SSSR count). The van der Waals surface area contributed by atoms with Crippen LogP contribution in [0.1, 0.15) is 18.7 Å². The number of carbonyl (C=O) groups excluding carboxylic acids is 1. The summed E-state index contributed by atoms with van der Waals surface area (Å²) in [4.78, 5) is 12.3. The van der Waals surface area contributed by atoms with Gasteiger partial charge >= 0.3 is 0 Å². The topological polar surface area (TPSA) is 69.3 Å². The highest BCUT2D eigenvalue weighted by molar-refractivity contribution is 5.80. The highest BCUT2D eigenvalue weighted by Crippen LogP contribution is 2.17. The maximum absolute atomic E-state index is 12.3. The van der Waals surface area contributed by atoms with Crippen LogP contribution in [0, 0.1) is 0 Å². The van der Waals surface area contributed by atoms with E-state index in [2.05, 4.69) is 10.4 Å². The molecule has 3 aromatic rings. The summed E-state index contributed by atoms with van der Waals surface area (Å²) in [6, 6.07) is 14.6. The molecule has 124 valence electrons. The van der Waals surface area contributed by atoms with Crippen molar-refractivity contribution in [2.45, 2.75) is 19.1 Å². The quantitative estimate of drug-likeness (QED) is 0.725. The molecule has 2 heterocycles. The second-order valence-electron chi connectivity index (χ2n) is 5.34. The first-order valence-corrected chi connectivity index (χ1v) is 7.76. The summed E-state index contributed by atoms with van der Waals surface area (Å²) in [6.45, 7) is 2.08. The van der Waals surface area contributed by atoms with Gasteiger partial charge in [0.2, 0.25) is 0 Å². The van der Waals surface area contributed by atoms with Gasteiger partial charge in [0.15, 0.2) is 6.10 Å². The summed E-state index contributed by atoms with van der Waals surface area (Å²) in [5, 5.41) is 7.13. The van der Waals surface area contributed by atoms with Crippen LogP contribution in [0.4, 0.5) is 0 Å². The van der Waals surface area contributed by atoms with Gasteiger partial charge in [-0.2, -0.15) is 5.10 Å². The molecule has 0 fully saturated rings. The molecule has 0 radical (unpaired) electrons. The van der Waals surface area contributed by atoms with Crippen LogP contribution in [0.3, 0.4) is 0 Å². The maximum atomic E-state index is 12.3. The number of furan rings is 1. The minimum Gasteiger partial charge on any atom is -0.481 e. The zero-order valence-corrected chi connectivity index (χ0v) is 13.3. The summed E-state index contributed by atoms with van der Waals surface area (Å²) in [7, 11) is 0. The lowest BCUT2D eigenvalue weighted by Crippen LogP contribution is -2.39. The molecule has 0 saturated carbocycles. The van der Waals surface area contributed by atoms with Crippen LogP contribution in [0.15, 0.2) is 71.6 Å². The predicted octanol–water partition coefficient (Wildman–Crippen LogP) is 2.65. The molecule has 2 unspecified atom stereocenters. The Kier molecular flexibility index (Phi) is 4.96. The average Bonchev–Trinajstić information content (AvgIpc) is 3.30. The van der Waals surface area contributed by atoms with E-state index in [4.69, 9.17) is 9.15 Å². The van der Waals surface area contributed by atoms with Gasteiger partial charge in [-0.3, -0.25) is 9.48 Å². The monoisotopic (exact) mass is 325 g/mol. The molecular formula is C18H19N3O3. The maximum Gasteiger partial charge on any atom is 0.260 e. The van der Waals surface area contributed by atoms with Gasteiger partial charge in [0.1, 0.15) is 17.6 Å². The summed E-state index contributed by atoms with van der Waals surface area (Å²) in [5.41, 5.74) is 0. The zero-order valence-electron chi connectivity index (χ0n) is 13.3. The van der Waals surface area contributed by atoms with Crippen LogP contribution in [-0.2, 0) is 4.79 Å². The molecule has 1 aromatic carbocycles. The Morgan fingerprint density at radius 2 is 2.08 bits per heavy atom. The number of hydrogen-bond donors (Lipinski definition) is 1. The molecule has 0 aliphatic heterocycles. The number of ether oxygens (including phenoxy) is 1. The number of nitrogens with one attached hydrogen (secondary N) is 1. The van der Waals surface area contributed by atoms with Gasteiger partial charge in [-0.05, 0) is 37.3 Å². The highest BCUT2D eigenvalue weighted by Gasteiger charge is 2.20. The van der Waals surface area contributed by atoms with Gasteiger partial charge in [-0.1, -0.05) is 18.2 Å². The third-order valence-electron chi connectivity index (χ3n) is 3.61. The normalized spacial score (nSPS) is 13.2. The van der Waals surface area contributed by atoms with Gasteiger partial charge in [0, 0.05) is 18.9 Å². The van der Waals surface area contributed by atoms with Crippen molar-refractivity contribution in [1.82, 2.24) is 15.1 Å². The summed E-state index contributed by atoms with van der Waals surface area (Å²) in [6.07, 6.45) is 4.54. The molecule has 24 heavy (non-hydrogen) atoms. The lowest BCUT2D eigenvalue weighted by Gasteiger charge is -2.19. The number of hydrogen-bond acceptors (Lipinski definition) is 4. The first-order valence-electron chi connectivity index (χ1n) is 7.76. The SMILES string of the molecule is CC(Oc1ccccc1)C(=O)NCC(c1ccco1)n1cccn1. The summed E-state index contributed by atoms with van der Waals surface area (Å²) >= 11 is 0. The molecule has 2 atom stereocenters. The predicted molar refractivity (Wildman–Crippen MR) is 88.6 cm³/mol. The number of nitrogens with zero attached hydrogens (tertiary/aromatic N) is 2. The lowest BCUT2D eigenvalue weighted by molar-refractivity contribution is -0.127. The number of aromatic nitrogens is 2. The minimum atomic E-state index is -0.595. The van der Waals surface area contributed by atoms with Crippen molar-refractivity contribution in [2.75, 3.05) is 6.54 Å². The van der Waals surface area contributed by atoms with Crippen molar-refractivity contribution in [3.05, 3.63) is 72.9 Å². The largest absolute Gasteiger partial charge is 0.481 e. The number of rotatable bonds is 7. The second kappa shape index (κ2) is 7.50. The smallest absolute Gasteiger partial charge is 0.260 e. The third-order valence-corrected chi connectivity index (χ3v) is 3.61. The standard InChI is InChI=1S/C18H19N3O3/c1-14(24-15-7-3-2-4-8-15)18(22)19-13-16(17-9-5-12-23-17)21-11-6-10-20-21/h2-12,14,16H,13H2,1H3,(H,19,22). The average molecular weight is 325 g/mol. The molecule has 6 nitrogen and oxygen atoms in total. The Bertz CT molecular complexity index is 705. The Morgan fingerprint density at radius 3 is 2.75 bits per heavy atom. The Morgan fingerprint density at radius 1 is 1.25 bits per heavy atom. The molecule has 0 bridgehead atoms. The van der Waals surface area contributed by atoms with Crippen LogP contribution in [-0.4, -0.2) is 28.3 Å². The first-order chi connectivity index (χ1) is 11.7. The van der Waals surface area contributed by atoms with Gasteiger partial charge in [0.05, 0.1) is 6.26 Å². The first kappa shape index (κ1) is 15.9. The van der Waals surface area contributed by atoms with Crippen LogP contribution in [0.5, 0.6) is 5.75 Å². The van der Waals surface area contributed by atoms with Crippen molar-refractivity contribution in [1.29, 1.82) is 0 Å². The molecule has 1 amide bonds. The van der Waals surface area contributed by atoms with E-state index >= 15 is 0 Å². The molecule has 1 N–H and O–H groups in total. The molecule has 0 aliphatic rings. The fourth-order valence-electron chi connectivity index (χ4n) is 2.37. The van der Waals surface area contributed by atoms with Gasteiger partial charge < -0.3 is 14.5 Å². The Balaban J connectivity index is 1.61. The fourth-order valence-corrected chi connectivity index (χ4v) is 2.37. The van der Waals surface area contributed by atoms with E-state index in [0.717, 1.165) is 5.76 Å². The van der Waals surface area contributed by atoms with E-state index in [9.17, 15) is 4.79 Å². The fraction of sp³-hybridized carbons (Fsp3) is 0.222. The number of carbonyl (C=O) groups is 1. The zero-order chi connectivity index (χ0) is 16.8. The van der Waals surface area contributed by atoms with Crippen LogP contribution in [0.2, 0.25) is 0 Å². The van der Waals surface area contributed by atoms with Crippen molar-refractivity contribution in [3.63, 3.8) is 0 Å². The van der Waals surface area contributed by atoms with Crippen LogP contribution >= 0.6 is 0 Å². The van der Waals surface area contributed by atoms with Crippen molar-refractivity contribution in [2.24, 2.45) is 0 Å². The van der Waals surface area contributed by atoms with Crippen LogP contribution in [0.25, 0.3) is 0 Å². The van der Waals surface area contributed by atoms with Gasteiger partial charge in [-0.25, -0.2) is 0 Å². The van der Waals surface area contributed by atoms with Gasteiger partial charge in [-0.15, -0.1) is 0 Å². The molecule has 6 heteroatoms. The van der Waals surface area contributed by atoms with Gasteiger partial charge in [0.25, 0.3) is 5.91 Å². The van der Waals surface area contributed by atoms with Crippen LogP contribution < -0.4 is 10.1 Å². The second-order valence-corrected chi connectivity index (χ2v) is 5.34. The highest BCUT2D eigenvalue weighted by atomic mass is 16.5. The van der Waals surface area contributed by atoms with E-state index in [1.165, 1.54) is 0 Å². The summed E-state index contributed by atoms with van der Waals surface area (Å²) < 4.78 is 12.8. The number of para-hydroxylation sites is 1. The van der Waals surface area contributed by atoms with Crippen molar-refractivity contribution in [3.8, 4) is 5.75 Å². The Labute approximate surface area is 140 Å². The van der Waals surface area contributed by atoms with E-state index in [-0.39, 0.29) is 11.9 Å². The molecule has 0 spiro atoms.